The molecule has 0 atom stereocenters. The van der Waals surface area contributed by atoms with E-state index in [2.05, 4.69) is 20.5 Å². The zero-order chi connectivity index (χ0) is 21.7. The van der Waals surface area contributed by atoms with E-state index < -0.39 is 11.8 Å². The quantitative estimate of drug-likeness (QED) is 0.728. The predicted octanol–water partition coefficient (Wildman–Crippen LogP) is 1.67. The van der Waals surface area contributed by atoms with Gasteiger partial charge in [-0.05, 0) is 6.07 Å². The number of nitrogens with zero attached hydrogens (tertiary/aromatic N) is 4. The van der Waals surface area contributed by atoms with Crippen molar-refractivity contribution in [2.24, 2.45) is 4.99 Å². The number of para-hydroxylation sites is 1. The van der Waals surface area contributed by atoms with Crippen molar-refractivity contribution in [2.75, 3.05) is 31.1 Å². The number of aliphatic imine (C=N–C) groups is 1. The fraction of sp³-hybridized carbons (Fsp3) is 0.208. The molecule has 2 amide bonds. The van der Waals surface area contributed by atoms with Gasteiger partial charge in [0, 0.05) is 55.3 Å². The first-order valence-electron chi connectivity index (χ1n) is 10.7. The van der Waals surface area contributed by atoms with Gasteiger partial charge >= 0.3 is 0 Å². The average molecular weight is 424 g/mol. The second-order valence-corrected chi connectivity index (χ2v) is 7.99. The molecule has 8 heteroatoms. The van der Waals surface area contributed by atoms with Crippen LogP contribution in [0.3, 0.4) is 0 Å². The molecule has 0 saturated carbocycles. The SMILES string of the molecule is O=C1NC(=O)C(c2nc(N3CCNCC3)nc3ccccc23)=C1C1=CN=C2CC=CC=C12. The summed E-state index contributed by atoms with van der Waals surface area (Å²) in [6, 6.07) is 7.60. The Morgan fingerprint density at radius 2 is 1.75 bits per heavy atom. The van der Waals surface area contributed by atoms with Crippen molar-refractivity contribution >= 4 is 40.0 Å². The van der Waals surface area contributed by atoms with Gasteiger partial charge in [-0.25, -0.2) is 9.97 Å². The molecule has 1 saturated heterocycles. The Balaban J connectivity index is 1.58. The lowest BCUT2D eigenvalue weighted by molar-refractivity contribution is -0.123. The summed E-state index contributed by atoms with van der Waals surface area (Å²) in [7, 11) is 0. The van der Waals surface area contributed by atoms with Gasteiger partial charge in [0.25, 0.3) is 11.8 Å². The lowest BCUT2D eigenvalue weighted by Gasteiger charge is -2.28. The third-order valence-corrected chi connectivity index (χ3v) is 6.09. The van der Waals surface area contributed by atoms with Crippen molar-refractivity contribution in [3.05, 3.63) is 71.1 Å². The highest BCUT2D eigenvalue weighted by Crippen LogP contribution is 2.38. The van der Waals surface area contributed by atoms with Crippen LogP contribution >= 0.6 is 0 Å². The summed E-state index contributed by atoms with van der Waals surface area (Å²) in [5, 5.41) is 6.54. The van der Waals surface area contributed by atoms with Crippen molar-refractivity contribution in [3.63, 3.8) is 0 Å². The van der Waals surface area contributed by atoms with E-state index in [4.69, 9.17) is 9.97 Å². The summed E-state index contributed by atoms with van der Waals surface area (Å²) >= 11 is 0. The van der Waals surface area contributed by atoms with E-state index in [-0.39, 0.29) is 5.57 Å². The molecule has 4 aliphatic rings. The molecule has 4 heterocycles. The number of amides is 2. The van der Waals surface area contributed by atoms with Crippen LogP contribution in [0.25, 0.3) is 16.5 Å². The summed E-state index contributed by atoms with van der Waals surface area (Å²) in [6.45, 7) is 3.23. The summed E-state index contributed by atoms with van der Waals surface area (Å²) in [4.78, 5) is 42.2. The van der Waals surface area contributed by atoms with Crippen LogP contribution < -0.4 is 15.5 Å². The maximum atomic E-state index is 13.1. The number of hydrogen-bond donors (Lipinski definition) is 2. The first kappa shape index (κ1) is 18.8. The van der Waals surface area contributed by atoms with Crippen molar-refractivity contribution < 1.29 is 9.59 Å². The second kappa shape index (κ2) is 7.35. The van der Waals surface area contributed by atoms with E-state index in [1.54, 1.807) is 6.20 Å². The number of piperazine rings is 1. The molecule has 2 N–H and O–H groups in total. The predicted molar refractivity (Wildman–Crippen MR) is 122 cm³/mol. The summed E-state index contributed by atoms with van der Waals surface area (Å²) < 4.78 is 0. The number of rotatable bonds is 3. The lowest BCUT2D eigenvalue weighted by atomic mass is 9.89. The largest absolute Gasteiger partial charge is 0.338 e. The minimum absolute atomic E-state index is 0.281. The fourth-order valence-electron chi connectivity index (χ4n) is 4.53. The van der Waals surface area contributed by atoms with Crippen LogP contribution in [0.5, 0.6) is 0 Å². The van der Waals surface area contributed by atoms with Gasteiger partial charge in [0.15, 0.2) is 0 Å². The number of carbonyl (C=O) groups is 2. The van der Waals surface area contributed by atoms with Crippen LogP contribution in [-0.4, -0.2) is 53.7 Å². The maximum absolute atomic E-state index is 13.1. The number of aromatic nitrogens is 2. The van der Waals surface area contributed by atoms with E-state index in [0.29, 0.717) is 29.2 Å². The van der Waals surface area contributed by atoms with Crippen molar-refractivity contribution in [1.82, 2.24) is 20.6 Å². The van der Waals surface area contributed by atoms with Gasteiger partial charge in [0.1, 0.15) is 0 Å². The Hall–Kier alpha value is -3.91. The first-order valence-corrected chi connectivity index (χ1v) is 10.7. The van der Waals surface area contributed by atoms with Gasteiger partial charge in [0.05, 0.1) is 28.1 Å². The molecule has 0 radical (unpaired) electrons. The minimum Gasteiger partial charge on any atom is -0.338 e. The van der Waals surface area contributed by atoms with Gasteiger partial charge in [-0.3, -0.25) is 19.9 Å². The standard InChI is InChI=1S/C24H20N6O2/c31-22-19(16-13-26-17-7-3-1-5-14(16)17)20(23(32)29-22)21-15-6-2-4-8-18(15)27-24(28-21)30-11-9-25-10-12-30/h1-6,8,13,25H,7,9-12H2,(H,29,31,32). The van der Waals surface area contributed by atoms with E-state index in [1.165, 1.54) is 0 Å². The van der Waals surface area contributed by atoms with E-state index >= 15 is 0 Å². The zero-order valence-corrected chi connectivity index (χ0v) is 17.3. The topological polar surface area (TPSA) is 99.6 Å². The first-order chi connectivity index (χ1) is 15.7. The maximum Gasteiger partial charge on any atom is 0.261 e. The number of allylic oxidation sites excluding steroid dienone is 4. The molecule has 3 aliphatic heterocycles. The molecule has 0 bridgehead atoms. The molecule has 0 spiro atoms. The zero-order valence-electron chi connectivity index (χ0n) is 17.3. The van der Waals surface area contributed by atoms with Crippen LogP contribution in [0.15, 0.2) is 70.4 Å². The Morgan fingerprint density at radius 3 is 2.62 bits per heavy atom. The highest BCUT2D eigenvalue weighted by Gasteiger charge is 2.38. The number of imide groups is 1. The van der Waals surface area contributed by atoms with Gasteiger partial charge in [-0.15, -0.1) is 0 Å². The van der Waals surface area contributed by atoms with E-state index in [0.717, 1.165) is 48.4 Å². The molecule has 1 fully saturated rings. The number of fused-ring (bicyclic) bond motifs is 2. The highest BCUT2D eigenvalue weighted by molar-refractivity contribution is 6.39. The van der Waals surface area contributed by atoms with E-state index in [1.807, 2.05) is 42.5 Å². The summed E-state index contributed by atoms with van der Waals surface area (Å²) in [5.74, 6) is -0.299. The fourth-order valence-corrected chi connectivity index (χ4v) is 4.53. The molecule has 1 aliphatic carbocycles. The van der Waals surface area contributed by atoms with Crippen molar-refractivity contribution in [1.29, 1.82) is 0 Å². The lowest BCUT2D eigenvalue weighted by Crippen LogP contribution is -2.44. The van der Waals surface area contributed by atoms with Gasteiger partial charge < -0.3 is 10.2 Å². The third kappa shape index (κ3) is 2.91. The third-order valence-electron chi connectivity index (χ3n) is 6.09. The molecule has 1 aromatic heterocycles. The van der Waals surface area contributed by atoms with Gasteiger partial charge in [0.2, 0.25) is 5.95 Å². The molecule has 8 nitrogen and oxygen atoms in total. The monoisotopic (exact) mass is 424 g/mol. The molecule has 6 rings (SSSR count). The van der Waals surface area contributed by atoms with Crippen LogP contribution in [0.1, 0.15) is 12.1 Å². The van der Waals surface area contributed by atoms with Crippen LogP contribution in [0.4, 0.5) is 5.95 Å². The Morgan fingerprint density at radius 1 is 0.938 bits per heavy atom. The minimum atomic E-state index is -0.443. The molecule has 158 valence electrons. The molecular formula is C24H20N6O2. The average Bonchev–Trinajstić information content (AvgIpc) is 3.38. The van der Waals surface area contributed by atoms with Gasteiger partial charge in [-0.1, -0.05) is 36.4 Å². The summed E-state index contributed by atoms with van der Waals surface area (Å²) in [5.41, 5.74) is 4.26. The van der Waals surface area contributed by atoms with Crippen LogP contribution in [-0.2, 0) is 9.59 Å². The molecule has 0 unspecified atom stereocenters. The normalized spacial score (nSPS) is 20.4. The Bertz CT molecular complexity index is 1340. The number of hydrogen-bond acceptors (Lipinski definition) is 7. The number of anilines is 1. The number of nitrogens with one attached hydrogen (secondary N) is 2. The Labute approximate surface area is 184 Å². The van der Waals surface area contributed by atoms with Gasteiger partial charge in [-0.2, -0.15) is 0 Å². The Kier molecular flexibility index (Phi) is 4.32. The molecule has 1 aromatic carbocycles. The van der Waals surface area contributed by atoms with Crippen molar-refractivity contribution in [2.45, 2.75) is 6.42 Å². The molecular weight excluding hydrogens is 404 g/mol. The van der Waals surface area contributed by atoms with E-state index in [9.17, 15) is 9.59 Å². The number of benzene rings is 1. The van der Waals surface area contributed by atoms with Crippen LogP contribution in [0, 0.1) is 0 Å². The summed E-state index contributed by atoms with van der Waals surface area (Å²) in [6.07, 6.45) is 8.29. The van der Waals surface area contributed by atoms with Crippen molar-refractivity contribution in [3.8, 4) is 0 Å². The highest BCUT2D eigenvalue weighted by atomic mass is 16.2. The van der Waals surface area contributed by atoms with Crippen LogP contribution in [0.2, 0.25) is 0 Å². The second-order valence-electron chi connectivity index (χ2n) is 7.99. The molecule has 2 aromatic rings. The smallest absolute Gasteiger partial charge is 0.261 e. The number of carbonyl (C=O) groups excluding carboxylic acids is 2. The molecule has 32 heavy (non-hydrogen) atoms.